The summed E-state index contributed by atoms with van der Waals surface area (Å²) in [6.45, 7) is 0. The molecule has 10 aromatic heterocycles. The van der Waals surface area contributed by atoms with Crippen molar-refractivity contribution >= 4 is 227 Å². The average Bonchev–Trinajstić information content (AvgIpc) is 1.55. The van der Waals surface area contributed by atoms with Crippen LogP contribution in [0.4, 0.5) is 22.7 Å². The van der Waals surface area contributed by atoms with E-state index in [1.54, 1.807) is 22.7 Å². The first-order valence-corrected chi connectivity index (χ1v) is 38.6. The molecule has 20 aromatic rings. The molecule has 0 radical (unpaired) electrons. The van der Waals surface area contributed by atoms with Crippen molar-refractivity contribution in [2.75, 3.05) is 11.5 Å². The maximum absolute atomic E-state index is 8.44. The van der Waals surface area contributed by atoms with Crippen molar-refractivity contribution in [2.24, 2.45) is 7.92 Å². The van der Waals surface area contributed by atoms with E-state index in [1.807, 2.05) is 34.8 Å². The quantitative estimate of drug-likeness (QED) is 0.111. The average molecular weight is 1510 g/mol. The molecule has 22 heteroatoms. The van der Waals surface area contributed by atoms with E-state index in [4.69, 9.17) is 44.6 Å². The molecular weight excluding hydrogens is 1460 g/mol. The SMILES string of the molecule is Nc1c(N)c(-c2cc3c(s2)c2ccccc2n3-c2ccccc2)c2nsnc2c1-c1cc2c(s1)c1ccccc1n2-c1ccccc1.O=[Se]=O.c1ccc(-n2c3ccccc3c3sc(-c4c5c(c(-c6cc7c(s6)c6ccccc6n7-c6ccccc6)c6nsnc46)N=[Se]=N5)cc32)cc1. The number of anilines is 2. The minimum atomic E-state index is -1.62. The predicted octanol–water partition coefficient (Wildman–Crippen LogP) is 21.6. The van der Waals surface area contributed by atoms with E-state index in [-0.39, 0.29) is 14.6 Å². The minimum absolute atomic E-state index is 0.237. The Labute approximate surface area is 592 Å². The molecule has 0 aliphatic carbocycles. The second kappa shape index (κ2) is 23.8. The Balaban J connectivity index is 0.000000132. The fourth-order valence-corrected chi connectivity index (χ4v) is 21.3. The third kappa shape index (κ3) is 9.11. The Morgan fingerprint density at radius 2 is 0.541 bits per heavy atom. The molecule has 98 heavy (non-hydrogen) atoms. The van der Waals surface area contributed by atoms with Crippen LogP contribution in [0.5, 0.6) is 0 Å². The zero-order chi connectivity index (χ0) is 65.3. The third-order valence-electron chi connectivity index (χ3n) is 18.1. The molecule has 14 nitrogen and oxygen atoms in total. The van der Waals surface area contributed by atoms with Gasteiger partial charge in [0.15, 0.2) is 0 Å². The molecule has 0 unspecified atom stereocenters. The summed E-state index contributed by atoms with van der Waals surface area (Å²) in [5, 5.41) is 4.90. The van der Waals surface area contributed by atoms with Crippen LogP contribution in [0.3, 0.4) is 0 Å². The van der Waals surface area contributed by atoms with Crippen LogP contribution >= 0.6 is 68.8 Å². The van der Waals surface area contributed by atoms with E-state index in [1.165, 1.54) is 96.9 Å². The van der Waals surface area contributed by atoms with Gasteiger partial charge in [-0.3, -0.25) is 0 Å². The third-order valence-corrected chi connectivity index (χ3v) is 25.0. The molecule has 0 amide bonds. The van der Waals surface area contributed by atoms with E-state index in [9.17, 15) is 0 Å². The van der Waals surface area contributed by atoms with Gasteiger partial charge in [0, 0.05) is 43.0 Å². The van der Waals surface area contributed by atoms with Gasteiger partial charge in [0.2, 0.25) is 0 Å². The molecule has 4 N–H and O–H groups in total. The van der Waals surface area contributed by atoms with Crippen LogP contribution in [0.25, 0.3) is 171 Å². The summed E-state index contributed by atoms with van der Waals surface area (Å²) in [7, 11) is 0. The predicted molar refractivity (Wildman–Crippen MR) is 411 cm³/mol. The van der Waals surface area contributed by atoms with Gasteiger partial charge in [-0.1, -0.05) is 72.8 Å². The fourth-order valence-electron chi connectivity index (χ4n) is 14.1. The zero-order valence-electron chi connectivity index (χ0n) is 50.8. The number of nitrogens with two attached hydrogens (primary N) is 2. The molecule has 0 atom stereocenters. The molecule has 21 rings (SSSR count). The summed E-state index contributed by atoms with van der Waals surface area (Å²) in [5.41, 5.74) is 38.1. The molecular formula is C76H44N12O2S6Se2. The number of nitrogens with zero attached hydrogens (tertiary/aromatic N) is 10. The van der Waals surface area contributed by atoms with Gasteiger partial charge < -0.3 is 20.6 Å². The molecule has 0 fully saturated rings. The van der Waals surface area contributed by atoms with Crippen molar-refractivity contribution in [2.45, 2.75) is 0 Å². The van der Waals surface area contributed by atoms with Crippen LogP contribution in [0.15, 0.2) is 251 Å². The number of hydrogen-bond acceptors (Lipinski definition) is 16. The summed E-state index contributed by atoms with van der Waals surface area (Å²) in [6.07, 6.45) is 0. The number of rotatable bonds is 8. The van der Waals surface area contributed by atoms with Gasteiger partial charge in [-0.2, -0.15) is 8.75 Å². The molecule has 1 aliphatic heterocycles. The number of thiophene rings is 4. The first-order valence-electron chi connectivity index (χ1n) is 30.9. The maximum atomic E-state index is 8.44. The van der Waals surface area contributed by atoms with Crippen molar-refractivity contribution in [3.05, 3.63) is 243 Å². The van der Waals surface area contributed by atoms with Gasteiger partial charge in [0.05, 0.1) is 54.6 Å². The topological polar surface area (TPSA) is 182 Å². The molecule has 0 saturated heterocycles. The normalized spacial score (nSPS) is 12.1. The van der Waals surface area contributed by atoms with Gasteiger partial charge in [-0.05, 0) is 48.5 Å². The number of benzene rings is 10. The van der Waals surface area contributed by atoms with Crippen molar-refractivity contribution < 1.29 is 7.67 Å². The van der Waals surface area contributed by atoms with E-state index in [2.05, 4.69) is 249 Å². The molecule has 0 saturated carbocycles. The summed E-state index contributed by atoms with van der Waals surface area (Å²) < 4.78 is 60.9. The van der Waals surface area contributed by atoms with Gasteiger partial charge >= 0.3 is 315 Å². The number of nitrogen functional groups attached to an aromatic ring is 2. The first-order chi connectivity index (χ1) is 48.4. The summed E-state index contributed by atoms with van der Waals surface area (Å²) in [4.78, 5) is 4.34. The van der Waals surface area contributed by atoms with Gasteiger partial charge in [-0.25, -0.2) is 0 Å². The van der Waals surface area contributed by atoms with Gasteiger partial charge in [0.1, 0.15) is 11.0 Å². The fraction of sp³-hybridized carbons (Fsp3) is 0. The van der Waals surface area contributed by atoms with Crippen LogP contribution in [-0.2, 0) is 7.67 Å². The second-order valence-electron chi connectivity index (χ2n) is 23.3. The van der Waals surface area contributed by atoms with Crippen LogP contribution in [-0.4, -0.2) is 65.2 Å². The van der Waals surface area contributed by atoms with E-state index in [0.717, 1.165) is 109 Å². The van der Waals surface area contributed by atoms with Crippen molar-refractivity contribution in [1.82, 2.24) is 35.8 Å². The molecule has 10 aromatic carbocycles. The van der Waals surface area contributed by atoms with Crippen LogP contribution in [0, 0.1) is 0 Å². The Kier molecular flexibility index (Phi) is 14.3. The number of fused-ring (bicyclic) bond motifs is 15. The standard InChI is InChI=1S/C38H20N6S3Se.C38H24N6S3.O2Se/c1-3-11-21(12-4-1)43-25-17-9-7-15-23(25)37-27(43)19-29(45-37)31-33-34(40-47-39-33)32(36-35(31)41-48-42-36)30-20-28-38(46-30)24-16-8-10-18-26(24)44(28)22-13-5-2-6-14-22;39-33-31(29-19-27-37(45-29)23-15-7-9-17-25(23)43(27)21-11-3-1-4-12-21)35-36(42-47-41-35)32(34(33)40)30-20-28-38(46-30)24-16-8-10-18-26(24)44(28)22-13-5-2-6-14-22;1-3-2/h1-20H;1-20H,39-40H2;. The monoisotopic (exact) mass is 1510 g/mol. The number of hydrogen-bond donors (Lipinski definition) is 2. The molecule has 1 aliphatic rings. The molecule has 468 valence electrons. The summed E-state index contributed by atoms with van der Waals surface area (Å²) in [5.74, 6) is 0. The first kappa shape index (κ1) is 59.0. The van der Waals surface area contributed by atoms with E-state index >= 15 is 0 Å². The molecule has 11 heterocycles. The molecule has 0 spiro atoms. The Morgan fingerprint density at radius 3 is 0.816 bits per heavy atom. The Bertz CT molecular complexity index is 6350. The van der Waals surface area contributed by atoms with E-state index < -0.39 is 14.8 Å². The Morgan fingerprint density at radius 1 is 0.306 bits per heavy atom. The van der Waals surface area contributed by atoms with Crippen molar-refractivity contribution in [3.63, 3.8) is 0 Å². The number of aromatic nitrogens is 8. The second-order valence-corrected chi connectivity index (χ2v) is 30.0. The van der Waals surface area contributed by atoms with Gasteiger partial charge in [-0.15, -0.1) is 22.7 Å². The van der Waals surface area contributed by atoms with Crippen LogP contribution < -0.4 is 11.5 Å². The summed E-state index contributed by atoms with van der Waals surface area (Å²) >= 11 is 7.67. The Hall–Kier alpha value is -10.3. The van der Waals surface area contributed by atoms with Crippen molar-refractivity contribution in [3.8, 4) is 64.5 Å². The van der Waals surface area contributed by atoms with E-state index in [0.29, 0.717) is 11.4 Å². The van der Waals surface area contributed by atoms with Crippen LogP contribution in [0.2, 0.25) is 0 Å². The molecule has 0 bridgehead atoms. The van der Waals surface area contributed by atoms with Gasteiger partial charge in [0.25, 0.3) is 0 Å². The zero-order valence-corrected chi connectivity index (χ0v) is 59.1. The summed E-state index contributed by atoms with van der Waals surface area (Å²) in [6, 6.07) is 85.6. The van der Waals surface area contributed by atoms with Crippen molar-refractivity contribution in [1.29, 1.82) is 0 Å². The number of para-hydroxylation sites is 8. The van der Waals surface area contributed by atoms with Crippen LogP contribution in [0.1, 0.15) is 0 Å².